The summed E-state index contributed by atoms with van der Waals surface area (Å²) in [6.07, 6.45) is 5.96. The number of allylic oxidation sites excluding steroid dienone is 1. The van der Waals surface area contributed by atoms with Crippen LogP contribution in [0.2, 0.25) is 0 Å². The highest BCUT2D eigenvalue weighted by Gasteiger charge is 2.32. The lowest BCUT2D eigenvalue weighted by atomic mass is 10.2. The van der Waals surface area contributed by atoms with Gasteiger partial charge in [0.2, 0.25) is 0 Å². The first-order valence-corrected chi connectivity index (χ1v) is 7.45. The third-order valence-electron chi connectivity index (χ3n) is 3.85. The molecule has 21 heavy (non-hydrogen) atoms. The molecule has 3 rings (SSSR count). The zero-order chi connectivity index (χ0) is 14.9. The number of rotatable bonds is 2. The molecular formula is C15H20N4O2. The van der Waals surface area contributed by atoms with Crippen LogP contribution in [0.5, 0.6) is 0 Å². The Morgan fingerprint density at radius 2 is 2.24 bits per heavy atom. The van der Waals surface area contributed by atoms with E-state index in [-0.39, 0.29) is 6.10 Å². The average Bonchev–Trinajstić information content (AvgIpc) is 2.91. The summed E-state index contributed by atoms with van der Waals surface area (Å²) >= 11 is 0. The minimum atomic E-state index is -0.594. The summed E-state index contributed by atoms with van der Waals surface area (Å²) < 4.78 is 13.3. The van der Waals surface area contributed by atoms with Gasteiger partial charge in [0.1, 0.15) is 18.0 Å². The smallest absolute Gasteiger partial charge is 0.174 e. The molecule has 2 aliphatic heterocycles. The van der Waals surface area contributed by atoms with Crippen LogP contribution in [0.1, 0.15) is 44.8 Å². The second-order valence-electron chi connectivity index (χ2n) is 5.96. The number of hydrogen-bond donors (Lipinski definition) is 0. The fourth-order valence-electron chi connectivity index (χ4n) is 2.83. The number of hydrogen-bond acceptors (Lipinski definition) is 5. The topological polar surface area (TPSA) is 73.0 Å². The molecule has 6 nitrogen and oxygen atoms in total. The monoisotopic (exact) mass is 288 g/mol. The summed E-state index contributed by atoms with van der Waals surface area (Å²) in [6, 6.07) is 2.23. The van der Waals surface area contributed by atoms with Crippen molar-refractivity contribution in [3.05, 3.63) is 17.7 Å². The van der Waals surface area contributed by atoms with E-state index in [1.54, 1.807) is 6.08 Å². The van der Waals surface area contributed by atoms with Crippen molar-refractivity contribution in [2.45, 2.75) is 58.0 Å². The Morgan fingerprint density at radius 1 is 1.38 bits per heavy atom. The highest BCUT2D eigenvalue weighted by Crippen LogP contribution is 2.26. The lowest BCUT2D eigenvalue weighted by molar-refractivity contribution is -0.133. The van der Waals surface area contributed by atoms with Gasteiger partial charge in [0.15, 0.2) is 11.6 Å². The first kappa shape index (κ1) is 14.2. The highest BCUT2D eigenvalue weighted by atomic mass is 16.7. The van der Waals surface area contributed by atoms with Crippen LogP contribution in [0.3, 0.4) is 0 Å². The van der Waals surface area contributed by atoms with Crippen molar-refractivity contribution in [2.75, 3.05) is 6.61 Å². The molecule has 0 spiro atoms. The molecule has 1 saturated heterocycles. The maximum Gasteiger partial charge on any atom is 0.174 e. The molecule has 0 radical (unpaired) electrons. The summed E-state index contributed by atoms with van der Waals surface area (Å²) in [4.78, 5) is 0. The largest absolute Gasteiger partial charge is 0.347 e. The minimum absolute atomic E-state index is 0.214. The molecule has 1 aromatic heterocycles. The Hall–Kier alpha value is -1.71. The molecule has 1 atom stereocenters. The fraction of sp³-hybridized carbons (Fsp3) is 0.667. The van der Waals surface area contributed by atoms with Crippen LogP contribution in [-0.2, 0) is 22.4 Å². The van der Waals surface area contributed by atoms with Gasteiger partial charge < -0.3 is 14.0 Å². The second-order valence-corrected chi connectivity index (χ2v) is 5.96. The number of nitriles is 1. The first-order valence-electron chi connectivity index (χ1n) is 7.45. The third kappa shape index (κ3) is 2.99. The summed E-state index contributed by atoms with van der Waals surface area (Å²) in [5.41, 5.74) is 0.516. The molecule has 0 aliphatic carbocycles. The SMILES string of the molecule is CC1(C)OCC(/C=C(\C#N)c2nnc3n2CCCCC3)O1. The van der Waals surface area contributed by atoms with Crippen LogP contribution in [0.25, 0.3) is 5.57 Å². The van der Waals surface area contributed by atoms with Gasteiger partial charge in [-0.2, -0.15) is 5.26 Å². The number of fused-ring (bicyclic) bond motifs is 1. The maximum absolute atomic E-state index is 9.46. The van der Waals surface area contributed by atoms with E-state index in [0.717, 1.165) is 31.6 Å². The van der Waals surface area contributed by atoms with Gasteiger partial charge in [-0.05, 0) is 32.8 Å². The zero-order valence-corrected chi connectivity index (χ0v) is 12.5. The second kappa shape index (κ2) is 5.58. The number of ether oxygens (including phenoxy) is 2. The lowest BCUT2D eigenvalue weighted by Gasteiger charge is -2.15. The molecule has 6 heteroatoms. The first-order chi connectivity index (χ1) is 10.1. The zero-order valence-electron chi connectivity index (χ0n) is 12.5. The molecule has 0 aromatic carbocycles. The predicted molar refractivity (Wildman–Crippen MR) is 76.1 cm³/mol. The fourth-order valence-corrected chi connectivity index (χ4v) is 2.83. The van der Waals surface area contributed by atoms with Gasteiger partial charge in [-0.1, -0.05) is 6.42 Å². The Morgan fingerprint density at radius 3 is 2.95 bits per heavy atom. The van der Waals surface area contributed by atoms with E-state index >= 15 is 0 Å². The van der Waals surface area contributed by atoms with Crippen molar-refractivity contribution in [3.63, 3.8) is 0 Å². The quantitative estimate of drug-likeness (QED) is 0.779. The van der Waals surface area contributed by atoms with Gasteiger partial charge in [0.05, 0.1) is 12.2 Å². The van der Waals surface area contributed by atoms with E-state index < -0.39 is 5.79 Å². The highest BCUT2D eigenvalue weighted by molar-refractivity contribution is 5.73. The predicted octanol–water partition coefficient (Wildman–Crippen LogP) is 2.06. The van der Waals surface area contributed by atoms with Crippen molar-refractivity contribution < 1.29 is 9.47 Å². The molecule has 0 amide bonds. The standard InChI is InChI=1S/C15H20N4O2/c1-15(2)20-10-12(21-15)8-11(9-16)14-18-17-13-6-4-3-5-7-19(13)14/h8,12H,3-7,10H2,1-2H3/b11-8+. The summed E-state index contributed by atoms with van der Waals surface area (Å²) in [5, 5.41) is 17.9. The van der Waals surface area contributed by atoms with Gasteiger partial charge >= 0.3 is 0 Å². The van der Waals surface area contributed by atoms with E-state index in [2.05, 4.69) is 20.8 Å². The van der Waals surface area contributed by atoms with E-state index in [4.69, 9.17) is 9.47 Å². The van der Waals surface area contributed by atoms with Gasteiger partial charge in [-0.15, -0.1) is 10.2 Å². The number of aryl methyl sites for hydroxylation is 1. The molecule has 1 fully saturated rings. The summed E-state index contributed by atoms with van der Waals surface area (Å²) in [6.45, 7) is 5.08. The molecule has 0 saturated carbocycles. The molecule has 2 aliphatic rings. The molecule has 3 heterocycles. The van der Waals surface area contributed by atoms with Crippen molar-refractivity contribution in [3.8, 4) is 6.07 Å². The van der Waals surface area contributed by atoms with Crippen LogP contribution in [0.15, 0.2) is 6.08 Å². The van der Waals surface area contributed by atoms with Gasteiger partial charge in [0.25, 0.3) is 0 Å². The average molecular weight is 288 g/mol. The Bertz CT molecular complexity index is 597. The Kier molecular flexibility index (Phi) is 3.79. The van der Waals surface area contributed by atoms with Crippen LogP contribution >= 0.6 is 0 Å². The molecule has 1 unspecified atom stereocenters. The lowest BCUT2D eigenvalue weighted by Crippen LogP contribution is -2.21. The van der Waals surface area contributed by atoms with Crippen LogP contribution in [-0.4, -0.2) is 33.3 Å². The van der Waals surface area contributed by atoms with Gasteiger partial charge in [-0.25, -0.2) is 0 Å². The minimum Gasteiger partial charge on any atom is -0.347 e. The van der Waals surface area contributed by atoms with Crippen molar-refractivity contribution in [1.29, 1.82) is 5.26 Å². The van der Waals surface area contributed by atoms with Crippen molar-refractivity contribution >= 4 is 5.57 Å². The van der Waals surface area contributed by atoms with E-state index in [1.165, 1.54) is 6.42 Å². The van der Waals surface area contributed by atoms with Gasteiger partial charge in [-0.3, -0.25) is 0 Å². The van der Waals surface area contributed by atoms with Gasteiger partial charge in [0, 0.05) is 13.0 Å². The van der Waals surface area contributed by atoms with E-state index in [1.807, 2.05) is 13.8 Å². The molecular weight excluding hydrogens is 268 g/mol. The molecule has 0 bridgehead atoms. The number of aromatic nitrogens is 3. The van der Waals surface area contributed by atoms with Crippen molar-refractivity contribution in [1.82, 2.24) is 14.8 Å². The molecule has 1 aromatic rings. The van der Waals surface area contributed by atoms with E-state index in [0.29, 0.717) is 18.0 Å². The Balaban J connectivity index is 1.88. The summed E-state index contributed by atoms with van der Waals surface area (Å²) in [7, 11) is 0. The van der Waals surface area contributed by atoms with E-state index in [9.17, 15) is 5.26 Å². The third-order valence-corrected chi connectivity index (χ3v) is 3.85. The van der Waals surface area contributed by atoms with Crippen LogP contribution in [0.4, 0.5) is 0 Å². The van der Waals surface area contributed by atoms with Crippen LogP contribution in [0, 0.1) is 11.3 Å². The normalized spacial score (nSPS) is 25.2. The van der Waals surface area contributed by atoms with Crippen LogP contribution < -0.4 is 0 Å². The molecule has 0 N–H and O–H groups in total. The Labute approximate surface area is 124 Å². The number of nitrogens with zero attached hydrogens (tertiary/aromatic N) is 4. The maximum atomic E-state index is 9.46. The summed E-state index contributed by atoms with van der Waals surface area (Å²) in [5.74, 6) is 1.04. The molecule has 112 valence electrons. The van der Waals surface area contributed by atoms with Crippen molar-refractivity contribution in [2.24, 2.45) is 0 Å².